The number of allylic oxidation sites excluding steroid dienone is 1. The molecule has 0 unspecified atom stereocenters. The van der Waals surface area contributed by atoms with E-state index >= 15 is 0 Å². The fourth-order valence-electron chi connectivity index (χ4n) is 5.62. The molecule has 2 heterocycles. The Balaban J connectivity index is 1.58. The second-order valence-electron chi connectivity index (χ2n) is 9.66. The Morgan fingerprint density at radius 3 is 2.48 bits per heavy atom. The highest BCUT2D eigenvalue weighted by molar-refractivity contribution is 5.09. The molecule has 2 bridgehead atoms. The summed E-state index contributed by atoms with van der Waals surface area (Å²) in [5.74, 6) is 2.25. The molecule has 2 saturated heterocycles. The molecule has 0 aromatic rings. The summed E-state index contributed by atoms with van der Waals surface area (Å²) in [4.78, 5) is 0. The standard InChI is InChI=1S/C21H37NO/c1-15(16-9-12-20(4,22-6)13-10-16)7-8-17-19(2,3)18-11-14-21(17,5)23-18/h9,12,15-18H,6-8,10-11,13-14,22H2,1-5H3/t15-,16+,17-,18-,20+,21+/m1/s1. The molecule has 3 rings (SSSR count). The van der Waals surface area contributed by atoms with Crippen LogP contribution in [0.4, 0.5) is 0 Å². The molecule has 3 aliphatic rings. The van der Waals surface area contributed by atoms with Crippen LogP contribution in [0.25, 0.3) is 0 Å². The minimum absolute atomic E-state index is 0.150. The smallest absolute Gasteiger partial charge is 0.0880 e. The summed E-state index contributed by atoms with van der Waals surface area (Å²) in [6.07, 6.45) is 13.1. The zero-order valence-corrected chi connectivity index (χ0v) is 15.9. The van der Waals surface area contributed by atoms with Crippen LogP contribution in [-0.2, 0) is 4.74 Å². The summed E-state index contributed by atoms with van der Waals surface area (Å²) in [5, 5.41) is 2.11. The summed E-state index contributed by atoms with van der Waals surface area (Å²) in [6.45, 7) is 12.0. The van der Waals surface area contributed by atoms with Gasteiger partial charge in [-0.05, 0) is 75.2 Å². The van der Waals surface area contributed by atoms with Gasteiger partial charge in [0.05, 0.1) is 17.2 Å². The van der Waals surface area contributed by atoms with E-state index in [2.05, 4.69) is 59.1 Å². The maximum atomic E-state index is 6.38. The van der Waals surface area contributed by atoms with Crippen molar-refractivity contribution in [2.24, 2.45) is 23.2 Å². The molecule has 2 N–H and O–H groups in total. The first-order valence-electron chi connectivity index (χ1n) is 9.71. The van der Waals surface area contributed by atoms with Gasteiger partial charge < -0.3 is 10.1 Å². The van der Waals surface area contributed by atoms with Crippen molar-refractivity contribution in [2.45, 2.75) is 90.4 Å². The molecule has 0 amide bonds. The van der Waals surface area contributed by atoms with Crippen molar-refractivity contribution in [3.63, 3.8) is 0 Å². The third-order valence-corrected chi connectivity index (χ3v) is 7.63. The van der Waals surface area contributed by atoms with Crippen LogP contribution in [0.2, 0.25) is 0 Å². The van der Waals surface area contributed by atoms with Gasteiger partial charge in [0, 0.05) is 6.42 Å². The molecule has 2 fully saturated rings. The van der Waals surface area contributed by atoms with Gasteiger partial charge in [-0.1, -0.05) is 26.8 Å². The fourth-order valence-corrected chi connectivity index (χ4v) is 5.62. The fraction of sp³-hybridized carbons (Fsp3) is 0.857. The highest BCUT2D eigenvalue weighted by Crippen LogP contribution is 2.59. The number of hydrogen-bond acceptors (Lipinski definition) is 1. The molecular weight excluding hydrogens is 282 g/mol. The Morgan fingerprint density at radius 2 is 1.96 bits per heavy atom. The molecular formula is C21H37NO. The van der Waals surface area contributed by atoms with Crippen molar-refractivity contribution in [3.05, 3.63) is 19.2 Å². The summed E-state index contributed by atoms with van der Waals surface area (Å²) >= 11 is 0. The maximum Gasteiger partial charge on any atom is 0.0880 e. The lowest BCUT2D eigenvalue weighted by Gasteiger charge is -2.40. The molecule has 0 aromatic heterocycles. The van der Waals surface area contributed by atoms with Crippen LogP contribution in [-0.4, -0.2) is 17.2 Å². The molecule has 6 atom stereocenters. The van der Waals surface area contributed by atoms with Crippen LogP contribution in [0.15, 0.2) is 12.2 Å². The average molecular weight is 320 g/mol. The third-order valence-electron chi connectivity index (χ3n) is 7.63. The van der Waals surface area contributed by atoms with E-state index in [1.807, 2.05) is 0 Å². The van der Waals surface area contributed by atoms with E-state index in [0.29, 0.717) is 11.5 Å². The van der Waals surface area contributed by atoms with Gasteiger partial charge in [0.25, 0.3) is 0 Å². The zero-order valence-electron chi connectivity index (χ0n) is 15.9. The van der Waals surface area contributed by atoms with E-state index in [-0.39, 0.29) is 11.1 Å². The minimum Gasteiger partial charge on any atom is -0.471 e. The molecule has 1 aliphatic carbocycles. The largest absolute Gasteiger partial charge is 0.471 e. The number of hydrogen-bond donors (Lipinski definition) is 1. The van der Waals surface area contributed by atoms with Crippen molar-refractivity contribution < 1.29 is 10.1 Å². The molecule has 2 aliphatic heterocycles. The minimum atomic E-state index is 0.150. The van der Waals surface area contributed by atoms with E-state index in [9.17, 15) is 0 Å². The molecule has 0 radical (unpaired) electrons. The average Bonchev–Trinajstić information content (AvgIpc) is 2.98. The van der Waals surface area contributed by atoms with E-state index in [0.717, 1.165) is 17.8 Å². The van der Waals surface area contributed by atoms with Crippen LogP contribution < -0.4 is 5.32 Å². The lowest BCUT2D eigenvalue weighted by molar-refractivity contribution is -0.661. The number of quaternary nitrogens is 1. The number of fused-ring (bicyclic) bond motifs is 2. The first-order chi connectivity index (χ1) is 10.7. The van der Waals surface area contributed by atoms with Gasteiger partial charge in [-0.2, -0.15) is 7.05 Å². The molecule has 0 saturated carbocycles. The van der Waals surface area contributed by atoms with Gasteiger partial charge >= 0.3 is 0 Å². The highest BCUT2D eigenvalue weighted by Gasteiger charge is 2.60. The van der Waals surface area contributed by atoms with Gasteiger partial charge in [-0.15, -0.1) is 0 Å². The van der Waals surface area contributed by atoms with Crippen LogP contribution in [0.1, 0.15) is 73.1 Å². The van der Waals surface area contributed by atoms with Crippen LogP contribution in [0.3, 0.4) is 0 Å². The van der Waals surface area contributed by atoms with Gasteiger partial charge in [0.2, 0.25) is 0 Å². The highest BCUT2D eigenvalue weighted by atomic mass is 16.5. The summed E-state index contributed by atoms with van der Waals surface area (Å²) in [5.41, 5.74) is 0.734. The van der Waals surface area contributed by atoms with Gasteiger partial charge in [-0.25, -0.2) is 0 Å². The molecule has 0 aromatic carbocycles. The quantitative estimate of drug-likeness (QED) is 0.600. The van der Waals surface area contributed by atoms with Gasteiger partial charge in [0.15, 0.2) is 0 Å². The SMILES string of the molecule is [CH2-][NH2+][C@@]1(C)C=C[C@H]([C@H](C)CC[C@@H]2C(C)(C)[C@H]3CC[C@]2(C)O3)CC1. The molecule has 2 heteroatoms. The van der Waals surface area contributed by atoms with Crippen molar-refractivity contribution in [1.82, 2.24) is 0 Å². The Hall–Kier alpha value is -0.340. The normalized spacial score (nSPS) is 46.3. The molecule has 0 spiro atoms. The van der Waals surface area contributed by atoms with Crippen molar-refractivity contribution in [3.8, 4) is 0 Å². The second-order valence-corrected chi connectivity index (χ2v) is 9.66. The van der Waals surface area contributed by atoms with Gasteiger partial charge in [0.1, 0.15) is 0 Å². The summed E-state index contributed by atoms with van der Waals surface area (Å²) in [6, 6.07) is 0. The first-order valence-corrected chi connectivity index (χ1v) is 9.71. The van der Waals surface area contributed by atoms with E-state index in [4.69, 9.17) is 4.74 Å². The third kappa shape index (κ3) is 3.02. The monoisotopic (exact) mass is 319 g/mol. The van der Waals surface area contributed by atoms with Gasteiger partial charge in [-0.3, -0.25) is 0 Å². The maximum absolute atomic E-state index is 6.38. The number of nitrogens with two attached hydrogens (primary N) is 1. The topological polar surface area (TPSA) is 25.8 Å². The zero-order chi connectivity index (χ0) is 16.9. The summed E-state index contributed by atoms with van der Waals surface area (Å²) < 4.78 is 6.38. The molecule has 23 heavy (non-hydrogen) atoms. The van der Waals surface area contributed by atoms with Crippen LogP contribution in [0.5, 0.6) is 0 Å². The second kappa shape index (κ2) is 5.88. The summed E-state index contributed by atoms with van der Waals surface area (Å²) in [7, 11) is 3.99. The van der Waals surface area contributed by atoms with E-state index in [1.165, 1.54) is 38.5 Å². The van der Waals surface area contributed by atoms with Crippen molar-refractivity contribution in [2.75, 3.05) is 0 Å². The molecule has 2 nitrogen and oxygen atoms in total. The van der Waals surface area contributed by atoms with Crippen molar-refractivity contribution >= 4 is 0 Å². The van der Waals surface area contributed by atoms with Crippen LogP contribution in [0, 0.1) is 30.2 Å². The predicted molar refractivity (Wildman–Crippen MR) is 95.7 cm³/mol. The first kappa shape index (κ1) is 17.5. The Bertz CT molecular complexity index is 466. The predicted octanol–water partition coefficient (Wildman–Crippen LogP) is 4.08. The molecule has 132 valence electrons. The van der Waals surface area contributed by atoms with Crippen molar-refractivity contribution in [1.29, 1.82) is 0 Å². The Labute approximate surface area is 143 Å². The number of rotatable bonds is 5. The Morgan fingerprint density at radius 1 is 1.22 bits per heavy atom. The lowest BCUT2D eigenvalue weighted by atomic mass is 9.62. The number of ether oxygens (including phenoxy) is 1. The van der Waals surface area contributed by atoms with E-state index < -0.39 is 0 Å². The van der Waals surface area contributed by atoms with E-state index in [1.54, 1.807) is 0 Å². The Kier molecular flexibility index (Phi) is 4.47. The lowest BCUT2D eigenvalue weighted by Crippen LogP contribution is -2.90. The van der Waals surface area contributed by atoms with Crippen LogP contribution >= 0.6 is 0 Å².